The summed E-state index contributed by atoms with van der Waals surface area (Å²) in [5.41, 5.74) is 0.332. The zero-order valence-corrected chi connectivity index (χ0v) is 12.3. The van der Waals surface area contributed by atoms with Crippen LogP contribution in [0.25, 0.3) is 0 Å². The molecule has 0 N–H and O–H groups in total. The molecule has 1 aliphatic rings. The van der Waals surface area contributed by atoms with Gasteiger partial charge in [-0.2, -0.15) is 13.8 Å². The minimum Gasteiger partial charge on any atom is -0.337 e. The summed E-state index contributed by atoms with van der Waals surface area (Å²) in [7, 11) is 0. The lowest BCUT2D eigenvalue weighted by Crippen LogP contribution is -2.32. The molecule has 1 saturated heterocycles. The van der Waals surface area contributed by atoms with E-state index in [2.05, 4.69) is 10.1 Å². The number of carbonyl (C=O) groups excluding carboxylic acids is 1. The van der Waals surface area contributed by atoms with Crippen LogP contribution in [0.1, 0.15) is 53.3 Å². The molecule has 22 heavy (non-hydrogen) atoms. The number of hydrogen-bond acceptors (Lipinski definition) is 4. The van der Waals surface area contributed by atoms with Crippen molar-refractivity contribution in [2.24, 2.45) is 0 Å². The predicted octanol–water partition coefficient (Wildman–Crippen LogP) is 2.86. The van der Waals surface area contributed by atoms with Crippen molar-refractivity contribution in [2.75, 3.05) is 6.54 Å². The minimum atomic E-state index is -2.75. The van der Waals surface area contributed by atoms with E-state index in [1.165, 1.54) is 17.0 Å². The Labute approximate surface area is 125 Å². The highest BCUT2D eigenvalue weighted by Gasteiger charge is 2.36. The summed E-state index contributed by atoms with van der Waals surface area (Å²) in [6, 6.07) is 2.59. The lowest BCUT2D eigenvalue weighted by Gasteiger charge is -2.22. The van der Waals surface area contributed by atoms with Crippen LogP contribution in [-0.4, -0.2) is 32.1 Å². The average molecular weight is 310 g/mol. The normalized spacial score (nSPS) is 18.4. The number of amides is 1. The van der Waals surface area contributed by atoms with E-state index in [1.54, 1.807) is 13.8 Å². The van der Waals surface area contributed by atoms with Gasteiger partial charge in [-0.25, -0.2) is 0 Å². The number of alkyl halides is 2. The Hall–Kier alpha value is -2.25. The third-order valence-electron chi connectivity index (χ3n) is 3.88. The van der Waals surface area contributed by atoms with Crippen molar-refractivity contribution in [3.05, 3.63) is 35.2 Å². The number of aryl methyl sites for hydroxylation is 2. The molecule has 0 spiro atoms. The molecule has 8 heteroatoms. The second kappa shape index (κ2) is 5.51. The van der Waals surface area contributed by atoms with Gasteiger partial charge in [0.05, 0.1) is 0 Å². The van der Waals surface area contributed by atoms with Crippen LogP contribution in [0.15, 0.2) is 16.7 Å². The molecule has 1 amide bonds. The first-order chi connectivity index (χ1) is 10.5. The Morgan fingerprint density at radius 1 is 1.41 bits per heavy atom. The van der Waals surface area contributed by atoms with Gasteiger partial charge in [0.15, 0.2) is 5.82 Å². The SMILES string of the molecule is Cc1noc([C@@H]2CCCN2C(=O)c2ccc(C)n2C(F)F)n1. The van der Waals surface area contributed by atoms with E-state index in [1.807, 2.05) is 0 Å². The summed E-state index contributed by atoms with van der Waals surface area (Å²) in [6.07, 6.45) is 1.45. The molecule has 1 atom stereocenters. The molecule has 1 fully saturated rings. The third-order valence-corrected chi connectivity index (χ3v) is 3.88. The van der Waals surface area contributed by atoms with E-state index >= 15 is 0 Å². The highest BCUT2D eigenvalue weighted by Crippen LogP contribution is 2.33. The number of halogens is 2. The summed E-state index contributed by atoms with van der Waals surface area (Å²) >= 11 is 0. The van der Waals surface area contributed by atoms with Crippen LogP contribution in [0.4, 0.5) is 8.78 Å². The van der Waals surface area contributed by atoms with Crippen LogP contribution in [0.2, 0.25) is 0 Å². The molecule has 0 bridgehead atoms. The van der Waals surface area contributed by atoms with Gasteiger partial charge in [-0.15, -0.1) is 0 Å². The number of rotatable bonds is 3. The molecule has 0 aromatic carbocycles. The number of likely N-dealkylation sites (tertiary alicyclic amines) is 1. The molecule has 0 saturated carbocycles. The molecule has 2 aromatic heterocycles. The van der Waals surface area contributed by atoms with Gasteiger partial charge in [-0.1, -0.05) is 5.16 Å². The lowest BCUT2D eigenvalue weighted by atomic mass is 10.2. The Morgan fingerprint density at radius 3 is 2.82 bits per heavy atom. The maximum absolute atomic E-state index is 13.1. The summed E-state index contributed by atoms with van der Waals surface area (Å²) in [5.74, 6) is 0.406. The molecule has 0 radical (unpaired) electrons. The second-order valence-electron chi connectivity index (χ2n) is 5.34. The molecule has 6 nitrogen and oxygen atoms in total. The fraction of sp³-hybridized carbons (Fsp3) is 0.500. The number of aromatic nitrogens is 3. The van der Waals surface area contributed by atoms with E-state index in [9.17, 15) is 13.6 Å². The standard InChI is InChI=1S/C14H16F2N4O2/c1-8-5-6-11(20(8)14(15)16)13(21)19-7-3-4-10(19)12-17-9(2)18-22-12/h5-6,10,14H,3-4,7H2,1-2H3/t10-/m0/s1. The Morgan fingerprint density at radius 2 is 2.18 bits per heavy atom. The van der Waals surface area contributed by atoms with Crippen molar-refractivity contribution >= 4 is 5.91 Å². The molecule has 0 unspecified atom stereocenters. The first-order valence-electron chi connectivity index (χ1n) is 7.06. The van der Waals surface area contributed by atoms with Crippen LogP contribution >= 0.6 is 0 Å². The zero-order valence-electron chi connectivity index (χ0n) is 12.3. The van der Waals surface area contributed by atoms with E-state index in [0.29, 0.717) is 30.4 Å². The van der Waals surface area contributed by atoms with Crippen molar-refractivity contribution < 1.29 is 18.1 Å². The van der Waals surface area contributed by atoms with E-state index < -0.39 is 12.5 Å². The van der Waals surface area contributed by atoms with Gasteiger partial charge in [-0.05, 0) is 38.8 Å². The molecule has 0 aliphatic carbocycles. The fourth-order valence-corrected chi connectivity index (χ4v) is 2.85. The molecular formula is C14H16F2N4O2. The summed E-state index contributed by atoms with van der Waals surface area (Å²) in [4.78, 5) is 18.3. The second-order valence-corrected chi connectivity index (χ2v) is 5.34. The Kier molecular flexibility index (Phi) is 3.67. The number of nitrogens with zero attached hydrogens (tertiary/aromatic N) is 4. The van der Waals surface area contributed by atoms with E-state index in [-0.39, 0.29) is 11.7 Å². The largest absolute Gasteiger partial charge is 0.337 e. The summed E-state index contributed by atoms with van der Waals surface area (Å²) in [5, 5.41) is 3.73. The van der Waals surface area contributed by atoms with Crippen LogP contribution < -0.4 is 0 Å². The average Bonchev–Trinajstić information content (AvgIpc) is 3.16. The van der Waals surface area contributed by atoms with Crippen LogP contribution in [0.3, 0.4) is 0 Å². The van der Waals surface area contributed by atoms with Gasteiger partial charge >= 0.3 is 6.55 Å². The van der Waals surface area contributed by atoms with Crippen molar-refractivity contribution in [1.29, 1.82) is 0 Å². The fourth-order valence-electron chi connectivity index (χ4n) is 2.85. The van der Waals surface area contributed by atoms with Gasteiger partial charge in [0.25, 0.3) is 5.91 Å². The molecule has 2 aromatic rings. The van der Waals surface area contributed by atoms with Crippen molar-refractivity contribution in [3.8, 4) is 0 Å². The first kappa shape index (κ1) is 14.7. The lowest BCUT2D eigenvalue weighted by molar-refractivity contribution is 0.0530. The van der Waals surface area contributed by atoms with Gasteiger partial charge in [0, 0.05) is 12.2 Å². The first-order valence-corrected chi connectivity index (χ1v) is 7.06. The topological polar surface area (TPSA) is 64.2 Å². The zero-order chi connectivity index (χ0) is 15.9. The number of carbonyl (C=O) groups is 1. The number of hydrogen-bond donors (Lipinski definition) is 0. The van der Waals surface area contributed by atoms with Crippen molar-refractivity contribution in [2.45, 2.75) is 39.3 Å². The van der Waals surface area contributed by atoms with Crippen LogP contribution in [0, 0.1) is 13.8 Å². The van der Waals surface area contributed by atoms with Gasteiger partial charge < -0.3 is 9.42 Å². The molecule has 3 rings (SSSR count). The predicted molar refractivity (Wildman–Crippen MR) is 72.5 cm³/mol. The molecule has 1 aliphatic heterocycles. The molecular weight excluding hydrogens is 294 g/mol. The van der Waals surface area contributed by atoms with Gasteiger partial charge in [0.2, 0.25) is 5.89 Å². The quantitative estimate of drug-likeness (QED) is 0.874. The van der Waals surface area contributed by atoms with Gasteiger partial charge in [-0.3, -0.25) is 9.36 Å². The minimum absolute atomic E-state index is 0.0179. The summed E-state index contributed by atoms with van der Waals surface area (Å²) < 4.78 is 32.2. The Balaban J connectivity index is 1.91. The van der Waals surface area contributed by atoms with Crippen LogP contribution in [0.5, 0.6) is 0 Å². The highest BCUT2D eigenvalue weighted by atomic mass is 19.3. The van der Waals surface area contributed by atoms with E-state index in [4.69, 9.17) is 4.52 Å². The Bertz CT molecular complexity index is 695. The monoisotopic (exact) mass is 310 g/mol. The van der Waals surface area contributed by atoms with E-state index in [0.717, 1.165) is 11.0 Å². The maximum atomic E-state index is 13.1. The molecule has 118 valence electrons. The third kappa shape index (κ3) is 2.38. The molecule has 3 heterocycles. The van der Waals surface area contributed by atoms with Crippen LogP contribution in [-0.2, 0) is 0 Å². The van der Waals surface area contributed by atoms with Gasteiger partial charge in [0.1, 0.15) is 11.7 Å². The maximum Gasteiger partial charge on any atom is 0.319 e. The highest BCUT2D eigenvalue weighted by molar-refractivity contribution is 5.93. The smallest absolute Gasteiger partial charge is 0.319 e. The van der Waals surface area contributed by atoms with Crippen molar-refractivity contribution in [1.82, 2.24) is 19.6 Å². The summed E-state index contributed by atoms with van der Waals surface area (Å²) in [6.45, 7) is 0.976. The van der Waals surface area contributed by atoms with Crippen molar-refractivity contribution in [3.63, 3.8) is 0 Å².